The van der Waals surface area contributed by atoms with Crippen molar-refractivity contribution in [2.75, 3.05) is 47.5 Å². The summed E-state index contributed by atoms with van der Waals surface area (Å²) in [6.07, 6.45) is -0.621. The first-order valence-electron chi connectivity index (χ1n) is 19.7. The number of rotatable bonds is 18. The molecule has 4 aromatic carbocycles. The first kappa shape index (κ1) is 46.6. The van der Waals surface area contributed by atoms with Crippen molar-refractivity contribution in [2.24, 2.45) is 0 Å². The van der Waals surface area contributed by atoms with Crippen molar-refractivity contribution in [1.82, 2.24) is 39.0 Å². The quantitative estimate of drug-likeness (QED) is 0.104. The van der Waals surface area contributed by atoms with Crippen LogP contribution in [0.1, 0.15) is 43.9 Å². The zero-order chi connectivity index (χ0) is 44.8. The third kappa shape index (κ3) is 11.2. The molecule has 0 aliphatic carbocycles. The Labute approximate surface area is 376 Å². The predicted molar refractivity (Wildman–Crippen MR) is 240 cm³/mol. The normalized spacial score (nSPS) is 14.9. The summed E-state index contributed by atoms with van der Waals surface area (Å²) in [6, 6.07) is 23.4. The molecule has 17 nitrogen and oxygen atoms in total. The van der Waals surface area contributed by atoms with Crippen LogP contribution in [0, 0.1) is 3.57 Å². The molecule has 0 saturated carbocycles. The lowest BCUT2D eigenvalue weighted by Crippen LogP contribution is -2.48. The second-order valence-electron chi connectivity index (χ2n) is 15.7. The van der Waals surface area contributed by atoms with Gasteiger partial charge in [-0.2, -0.15) is 9.10 Å². The van der Waals surface area contributed by atoms with Gasteiger partial charge in [0.25, 0.3) is 0 Å². The summed E-state index contributed by atoms with van der Waals surface area (Å²) >= 11 is 1.97. The Balaban J connectivity index is 1.42. The Morgan fingerprint density at radius 2 is 1.37 bits per heavy atom. The van der Waals surface area contributed by atoms with Crippen molar-refractivity contribution in [2.45, 2.75) is 68.2 Å². The van der Waals surface area contributed by atoms with Gasteiger partial charge in [0.05, 0.1) is 33.4 Å². The van der Waals surface area contributed by atoms with Crippen molar-refractivity contribution < 1.29 is 40.9 Å². The number of methoxy groups -OCH3 is 3. The van der Waals surface area contributed by atoms with Crippen LogP contribution in [-0.2, 0) is 39.7 Å². The molecule has 1 amide bonds. The number of halogens is 1. The average Bonchev–Trinajstić information content (AvgIpc) is 3.89. The number of hydrogen-bond donors (Lipinski definition) is 2. The maximum atomic E-state index is 15.6. The molecule has 1 aliphatic heterocycles. The van der Waals surface area contributed by atoms with Crippen LogP contribution < -0.4 is 18.9 Å². The summed E-state index contributed by atoms with van der Waals surface area (Å²) < 4.78 is 80.9. The average molecular weight is 1000 g/mol. The monoisotopic (exact) mass is 1000 g/mol. The number of hydrogen-bond acceptors (Lipinski definition) is 12. The number of carbonyl (C=O) groups is 1. The minimum atomic E-state index is -4.74. The molecule has 1 aliphatic rings. The van der Waals surface area contributed by atoms with Crippen LogP contribution in [0.2, 0.25) is 0 Å². The number of carboxylic acid groups (broad SMARTS) is 1. The van der Waals surface area contributed by atoms with Crippen molar-refractivity contribution in [1.29, 1.82) is 0 Å². The molecule has 0 spiro atoms. The SMILES string of the molecule is COc1ccc(CN(Cc2ccc(OC)cc2)S(=O)(=O)c2c(S(=O)(=O)N[C@H]3CCN(CCN(C(=O)O)C(C)(C)C)C3)ccc(I)c2-c2nnn(Cc3ccc(OC)cc3)n2)cc1. The largest absolute Gasteiger partial charge is 0.497 e. The highest BCUT2D eigenvalue weighted by Crippen LogP contribution is 2.38. The van der Waals surface area contributed by atoms with E-state index in [1.807, 2.05) is 60.4 Å². The van der Waals surface area contributed by atoms with E-state index in [2.05, 4.69) is 20.1 Å². The van der Waals surface area contributed by atoms with Crippen LogP contribution in [-0.4, -0.2) is 121 Å². The Kier molecular flexibility index (Phi) is 14.8. The van der Waals surface area contributed by atoms with Crippen molar-refractivity contribution >= 4 is 48.7 Å². The van der Waals surface area contributed by atoms with Crippen LogP contribution in [0.5, 0.6) is 17.2 Å². The van der Waals surface area contributed by atoms with Gasteiger partial charge in [-0.05, 0) is 127 Å². The molecule has 62 heavy (non-hydrogen) atoms. The van der Waals surface area contributed by atoms with Gasteiger partial charge in [0.1, 0.15) is 27.0 Å². The second kappa shape index (κ2) is 19.7. The third-order valence-corrected chi connectivity index (χ3v) is 14.9. The Hall–Kier alpha value is -4.87. The minimum absolute atomic E-state index is 0.0205. The Bertz CT molecular complexity index is 2500. The van der Waals surface area contributed by atoms with E-state index < -0.39 is 47.5 Å². The highest BCUT2D eigenvalue weighted by atomic mass is 127. The Morgan fingerprint density at radius 3 is 1.87 bits per heavy atom. The smallest absolute Gasteiger partial charge is 0.407 e. The first-order valence-corrected chi connectivity index (χ1v) is 23.7. The fraction of sp³-hybridized carbons (Fsp3) is 0.381. The van der Waals surface area contributed by atoms with Gasteiger partial charge in [0.2, 0.25) is 25.9 Å². The van der Waals surface area contributed by atoms with Gasteiger partial charge in [-0.15, -0.1) is 10.2 Å². The van der Waals surface area contributed by atoms with Crippen LogP contribution in [0.4, 0.5) is 4.79 Å². The summed E-state index contributed by atoms with van der Waals surface area (Å²) in [5.74, 6) is 1.75. The van der Waals surface area contributed by atoms with Gasteiger partial charge in [0.15, 0.2) is 0 Å². The lowest BCUT2D eigenvalue weighted by atomic mass is 10.1. The van der Waals surface area contributed by atoms with Crippen LogP contribution in [0.25, 0.3) is 11.4 Å². The number of tetrazole rings is 1. The van der Waals surface area contributed by atoms with E-state index >= 15 is 8.42 Å². The molecule has 6 rings (SSSR count). The summed E-state index contributed by atoms with van der Waals surface area (Å²) in [6.45, 7) is 6.78. The first-order chi connectivity index (χ1) is 29.4. The highest BCUT2D eigenvalue weighted by molar-refractivity contribution is 14.1. The molecule has 20 heteroatoms. The standard InChI is InChI=1S/C42H51IN8O9S2/c1-42(2,3)50(41(52)53)24-23-48-22-21-32(28-48)46-61(54,55)37-20-19-36(43)38(40-44-47-51(45-40)27-31-11-17-35(60-6)18-12-31)39(37)62(56,57)49(25-29-7-13-33(58-4)14-8-29)26-30-9-15-34(59-5)16-10-30/h7-20,32,46H,21-28H2,1-6H3,(H,52,53)/t32-/m0/s1. The van der Waals surface area contributed by atoms with E-state index in [9.17, 15) is 18.3 Å². The van der Waals surface area contributed by atoms with Gasteiger partial charge in [0, 0.05) is 47.9 Å². The fourth-order valence-electron chi connectivity index (χ4n) is 7.12. The zero-order valence-corrected chi connectivity index (χ0v) is 39.1. The minimum Gasteiger partial charge on any atom is -0.497 e. The summed E-state index contributed by atoms with van der Waals surface area (Å²) in [5, 5.41) is 22.9. The van der Waals surface area contributed by atoms with Crippen molar-refractivity contribution in [3.8, 4) is 28.6 Å². The molecule has 0 radical (unpaired) electrons. The number of likely N-dealkylation sites (tertiary alicyclic amines) is 1. The van der Waals surface area contributed by atoms with Gasteiger partial charge in [-0.1, -0.05) is 36.4 Å². The maximum absolute atomic E-state index is 15.6. The molecular formula is C42H51IN8O9S2. The maximum Gasteiger partial charge on any atom is 0.407 e. The lowest BCUT2D eigenvalue weighted by Gasteiger charge is -2.34. The van der Waals surface area contributed by atoms with E-state index in [1.54, 1.807) is 67.8 Å². The number of benzene rings is 4. The summed E-state index contributed by atoms with van der Waals surface area (Å²) in [4.78, 5) is 15.6. The van der Waals surface area contributed by atoms with Crippen LogP contribution in [0.3, 0.4) is 0 Å². The number of nitrogens with zero attached hydrogens (tertiary/aromatic N) is 7. The van der Waals surface area contributed by atoms with Gasteiger partial charge >= 0.3 is 6.09 Å². The second-order valence-corrected chi connectivity index (χ2v) is 20.4. The van der Waals surface area contributed by atoms with Gasteiger partial charge < -0.3 is 24.2 Å². The summed E-state index contributed by atoms with van der Waals surface area (Å²) in [5.41, 5.74) is 1.43. The third-order valence-electron chi connectivity index (χ3n) is 10.4. The number of ether oxygens (including phenoxy) is 3. The topological polar surface area (TPSA) is 199 Å². The molecule has 2 heterocycles. The molecule has 1 aromatic heterocycles. The molecule has 0 bridgehead atoms. The molecule has 2 N–H and O–H groups in total. The molecule has 0 unspecified atom stereocenters. The van der Waals surface area contributed by atoms with E-state index in [1.165, 1.54) is 40.4 Å². The highest BCUT2D eigenvalue weighted by Gasteiger charge is 2.39. The van der Waals surface area contributed by atoms with Gasteiger partial charge in [-0.25, -0.2) is 26.4 Å². The zero-order valence-electron chi connectivity index (χ0n) is 35.4. The van der Waals surface area contributed by atoms with Crippen molar-refractivity contribution in [3.05, 3.63) is 105 Å². The Morgan fingerprint density at radius 1 is 0.839 bits per heavy atom. The lowest BCUT2D eigenvalue weighted by molar-refractivity contribution is 0.0932. The van der Waals surface area contributed by atoms with Crippen LogP contribution in [0.15, 0.2) is 94.7 Å². The van der Waals surface area contributed by atoms with Crippen LogP contribution >= 0.6 is 22.6 Å². The number of amides is 1. The number of aromatic nitrogens is 4. The van der Waals surface area contributed by atoms with E-state index in [0.717, 1.165) is 5.56 Å². The number of sulfonamides is 2. The predicted octanol–water partition coefficient (Wildman–Crippen LogP) is 5.54. The molecular weight excluding hydrogens is 952 g/mol. The van der Waals surface area contributed by atoms with E-state index in [0.29, 0.717) is 58.0 Å². The van der Waals surface area contributed by atoms with Gasteiger partial charge in [-0.3, -0.25) is 4.90 Å². The van der Waals surface area contributed by atoms with E-state index in [-0.39, 0.29) is 37.6 Å². The number of nitrogens with one attached hydrogen (secondary N) is 1. The molecule has 1 saturated heterocycles. The van der Waals surface area contributed by atoms with Crippen molar-refractivity contribution in [3.63, 3.8) is 0 Å². The summed E-state index contributed by atoms with van der Waals surface area (Å²) in [7, 11) is -4.66. The molecule has 332 valence electrons. The fourth-order valence-corrected chi connectivity index (χ4v) is 11.7. The molecule has 1 atom stereocenters. The van der Waals surface area contributed by atoms with E-state index in [4.69, 9.17) is 14.2 Å². The molecule has 5 aromatic rings. The molecule has 1 fully saturated rings.